The molecule has 0 aliphatic carbocycles. The first-order valence-electron chi connectivity index (χ1n) is 5.59. The molecule has 2 N–H and O–H groups in total. The highest BCUT2D eigenvalue weighted by molar-refractivity contribution is 5.36. The van der Waals surface area contributed by atoms with Crippen LogP contribution in [0.25, 0.3) is 0 Å². The van der Waals surface area contributed by atoms with Gasteiger partial charge in [0.25, 0.3) is 0 Å². The summed E-state index contributed by atoms with van der Waals surface area (Å²) >= 11 is 0. The first kappa shape index (κ1) is 12.1. The average molecular weight is 207 g/mol. The summed E-state index contributed by atoms with van der Waals surface area (Å²) in [5.41, 5.74) is 8.03. The first-order chi connectivity index (χ1) is 7.13. The Hall–Kier alpha value is -1.02. The van der Waals surface area contributed by atoms with Crippen molar-refractivity contribution in [3.8, 4) is 5.75 Å². The molecule has 0 spiro atoms. The summed E-state index contributed by atoms with van der Waals surface area (Å²) in [5, 5.41) is 0. The Balaban J connectivity index is 2.70. The maximum absolute atomic E-state index is 5.68. The van der Waals surface area contributed by atoms with E-state index in [-0.39, 0.29) is 6.10 Å². The van der Waals surface area contributed by atoms with Crippen molar-refractivity contribution in [2.75, 3.05) is 6.54 Å². The van der Waals surface area contributed by atoms with Crippen LogP contribution < -0.4 is 10.5 Å². The van der Waals surface area contributed by atoms with Gasteiger partial charge in [0.1, 0.15) is 5.75 Å². The minimum atomic E-state index is 0.235. The van der Waals surface area contributed by atoms with Gasteiger partial charge in [-0.2, -0.15) is 0 Å². The molecule has 0 fully saturated rings. The minimum Gasteiger partial charge on any atom is -0.491 e. The number of nitrogens with two attached hydrogens (primary N) is 1. The molecule has 0 saturated heterocycles. The van der Waals surface area contributed by atoms with E-state index in [2.05, 4.69) is 25.1 Å². The van der Waals surface area contributed by atoms with Gasteiger partial charge in [0.05, 0.1) is 6.10 Å². The number of ether oxygens (including phenoxy) is 1. The van der Waals surface area contributed by atoms with Crippen LogP contribution in [0.3, 0.4) is 0 Å². The van der Waals surface area contributed by atoms with Crippen LogP contribution >= 0.6 is 0 Å². The van der Waals surface area contributed by atoms with E-state index in [4.69, 9.17) is 10.5 Å². The van der Waals surface area contributed by atoms with E-state index in [9.17, 15) is 0 Å². The molecule has 0 aliphatic rings. The van der Waals surface area contributed by atoms with Crippen LogP contribution in [0, 0.1) is 6.92 Å². The van der Waals surface area contributed by atoms with E-state index in [1.165, 1.54) is 11.1 Å². The lowest BCUT2D eigenvalue weighted by Gasteiger charge is -2.13. The van der Waals surface area contributed by atoms with Crippen molar-refractivity contribution in [3.05, 3.63) is 29.3 Å². The molecule has 0 atom stereocenters. The Morgan fingerprint density at radius 1 is 1.33 bits per heavy atom. The number of hydrogen-bond acceptors (Lipinski definition) is 2. The number of rotatable bonds is 5. The van der Waals surface area contributed by atoms with Crippen LogP contribution in [0.1, 0.15) is 31.4 Å². The van der Waals surface area contributed by atoms with Gasteiger partial charge in [-0.3, -0.25) is 0 Å². The highest BCUT2D eigenvalue weighted by Crippen LogP contribution is 2.20. The fraction of sp³-hybridized carbons (Fsp3) is 0.538. The lowest BCUT2D eigenvalue weighted by molar-refractivity contribution is 0.240. The maximum Gasteiger partial charge on any atom is 0.122 e. The quantitative estimate of drug-likeness (QED) is 0.805. The Bertz CT molecular complexity index is 307. The molecule has 0 aliphatic heterocycles. The van der Waals surface area contributed by atoms with E-state index in [0.29, 0.717) is 0 Å². The standard InChI is InChI=1S/C13H21NO/c1-10(2)15-13-7-6-12(5-4-8-14)9-11(13)3/h6-7,9-10H,4-5,8,14H2,1-3H3. The van der Waals surface area contributed by atoms with Crippen molar-refractivity contribution in [2.24, 2.45) is 5.73 Å². The van der Waals surface area contributed by atoms with E-state index in [1.807, 2.05) is 13.8 Å². The predicted molar refractivity (Wildman–Crippen MR) is 64.3 cm³/mol. The number of aryl methyl sites for hydroxylation is 2. The van der Waals surface area contributed by atoms with E-state index >= 15 is 0 Å². The van der Waals surface area contributed by atoms with Crippen molar-refractivity contribution in [1.29, 1.82) is 0 Å². The zero-order chi connectivity index (χ0) is 11.3. The largest absolute Gasteiger partial charge is 0.491 e. The monoisotopic (exact) mass is 207 g/mol. The Morgan fingerprint density at radius 3 is 2.60 bits per heavy atom. The predicted octanol–water partition coefficient (Wildman–Crippen LogP) is 2.67. The lowest BCUT2D eigenvalue weighted by Crippen LogP contribution is -2.07. The molecule has 84 valence electrons. The summed E-state index contributed by atoms with van der Waals surface area (Å²) in [4.78, 5) is 0. The minimum absolute atomic E-state index is 0.235. The van der Waals surface area contributed by atoms with Gasteiger partial charge in [-0.1, -0.05) is 12.1 Å². The van der Waals surface area contributed by atoms with Gasteiger partial charge in [-0.05, 0) is 57.4 Å². The Morgan fingerprint density at radius 2 is 2.07 bits per heavy atom. The van der Waals surface area contributed by atoms with Crippen molar-refractivity contribution >= 4 is 0 Å². The van der Waals surface area contributed by atoms with Crippen LogP contribution in [0.5, 0.6) is 5.75 Å². The van der Waals surface area contributed by atoms with Gasteiger partial charge in [-0.15, -0.1) is 0 Å². The molecule has 0 heterocycles. The fourth-order valence-electron chi connectivity index (χ4n) is 1.56. The number of benzene rings is 1. The third-order valence-electron chi connectivity index (χ3n) is 2.27. The average Bonchev–Trinajstić information content (AvgIpc) is 2.18. The van der Waals surface area contributed by atoms with Gasteiger partial charge < -0.3 is 10.5 Å². The number of hydrogen-bond donors (Lipinski definition) is 1. The maximum atomic E-state index is 5.68. The van der Waals surface area contributed by atoms with E-state index < -0.39 is 0 Å². The van der Waals surface area contributed by atoms with Gasteiger partial charge in [0.15, 0.2) is 0 Å². The molecule has 0 amide bonds. The second-order valence-corrected chi connectivity index (χ2v) is 4.16. The molecular formula is C13H21NO. The summed E-state index contributed by atoms with van der Waals surface area (Å²) in [6.45, 7) is 6.93. The smallest absolute Gasteiger partial charge is 0.122 e. The molecule has 1 rings (SSSR count). The highest BCUT2D eigenvalue weighted by Gasteiger charge is 2.02. The topological polar surface area (TPSA) is 35.2 Å². The second kappa shape index (κ2) is 5.76. The molecule has 1 aromatic carbocycles. The van der Waals surface area contributed by atoms with Crippen molar-refractivity contribution in [1.82, 2.24) is 0 Å². The summed E-state index contributed by atoms with van der Waals surface area (Å²) in [5.74, 6) is 0.987. The molecule has 1 aromatic rings. The highest BCUT2D eigenvalue weighted by atomic mass is 16.5. The summed E-state index contributed by atoms with van der Waals surface area (Å²) in [7, 11) is 0. The molecule has 0 radical (unpaired) electrons. The SMILES string of the molecule is Cc1cc(CCCN)ccc1OC(C)C. The molecule has 0 bridgehead atoms. The molecule has 0 unspecified atom stereocenters. The molecule has 15 heavy (non-hydrogen) atoms. The third-order valence-corrected chi connectivity index (χ3v) is 2.27. The van der Waals surface area contributed by atoms with E-state index in [1.54, 1.807) is 0 Å². The zero-order valence-electron chi connectivity index (χ0n) is 9.92. The van der Waals surface area contributed by atoms with Crippen LogP contribution in [0.4, 0.5) is 0 Å². The zero-order valence-corrected chi connectivity index (χ0v) is 9.92. The van der Waals surface area contributed by atoms with E-state index in [0.717, 1.165) is 25.1 Å². The molecular weight excluding hydrogens is 186 g/mol. The molecule has 0 aromatic heterocycles. The van der Waals surface area contributed by atoms with Crippen molar-refractivity contribution in [3.63, 3.8) is 0 Å². The Labute approximate surface area is 92.4 Å². The van der Waals surface area contributed by atoms with Crippen LogP contribution in [0.15, 0.2) is 18.2 Å². The van der Waals surface area contributed by atoms with Crippen molar-refractivity contribution in [2.45, 2.75) is 39.7 Å². The normalized spacial score (nSPS) is 10.7. The van der Waals surface area contributed by atoms with Gasteiger partial charge in [0, 0.05) is 0 Å². The molecule has 0 saturated carbocycles. The molecule has 2 heteroatoms. The van der Waals surface area contributed by atoms with Gasteiger partial charge in [-0.25, -0.2) is 0 Å². The third kappa shape index (κ3) is 3.92. The lowest BCUT2D eigenvalue weighted by atomic mass is 10.1. The summed E-state index contributed by atoms with van der Waals surface area (Å²) in [6.07, 6.45) is 2.34. The fourth-order valence-corrected chi connectivity index (χ4v) is 1.56. The van der Waals surface area contributed by atoms with Crippen LogP contribution in [-0.4, -0.2) is 12.6 Å². The molecule has 2 nitrogen and oxygen atoms in total. The van der Waals surface area contributed by atoms with Crippen LogP contribution in [0.2, 0.25) is 0 Å². The van der Waals surface area contributed by atoms with Crippen LogP contribution in [-0.2, 0) is 6.42 Å². The Kier molecular flexibility index (Phi) is 4.63. The summed E-state index contributed by atoms with van der Waals surface area (Å²) < 4.78 is 5.68. The van der Waals surface area contributed by atoms with Gasteiger partial charge in [0.2, 0.25) is 0 Å². The second-order valence-electron chi connectivity index (χ2n) is 4.16. The van der Waals surface area contributed by atoms with Crippen molar-refractivity contribution < 1.29 is 4.74 Å². The van der Waals surface area contributed by atoms with Gasteiger partial charge >= 0.3 is 0 Å². The first-order valence-corrected chi connectivity index (χ1v) is 5.59. The summed E-state index contributed by atoms with van der Waals surface area (Å²) in [6, 6.07) is 6.37.